The molecule has 2 aromatic carbocycles. The van der Waals surface area contributed by atoms with Crippen LogP contribution in [0.3, 0.4) is 0 Å². The summed E-state index contributed by atoms with van der Waals surface area (Å²) in [6.45, 7) is 7.02. The van der Waals surface area contributed by atoms with Crippen molar-refractivity contribution in [3.63, 3.8) is 0 Å². The number of aromatic nitrogens is 5. The SMILES string of the molecule is C[C@H](Oc1cc(-c2nn(C)c3c(-c4cnn(C5CCC(C)(C)N(C)C5)c4)cnc(N)c23)ccc1NS(=O)(=O)C(F)F)c1ccc(F)cc1. The van der Waals surface area contributed by atoms with Crippen molar-refractivity contribution in [2.45, 2.75) is 57.1 Å². The number of nitrogens with two attached hydrogens (primary N) is 1. The van der Waals surface area contributed by atoms with Crippen molar-refractivity contribution in [1.29, 1.82) is 0 Å². The summed E-state index contributed by atoms with van der Waals surface area (Å²) in [5.74, 6) is -3.94. The number of ether oxygens (including phenoxy) is 1. The van der Waals surface area contributed by atoms with Gasteiger partial charge in [-0.25, -0.2) is 17.8 Å². The number of fused-ring (bicyclic) bond motifs is 1. The Balaban J connectivity index is 1.40. The molecule has 1 aliphatic heterocycles. The van der Waals surface area contributed by atoms with Crippen LogP contribution in [0.5, 0.6) is 5.75 Å². The molecule has 0 saturated carbocycles. The molecule has 0 bridgehead atoms. The summed E-state index contributed by atoms with van der Waals surface area (Å²) >= 11 is 0. The van der Waals surface area contributed by atoms with Gasteiger partial charge in [-0.1, -0.05) is 18.2 Å². The number of nitrogen functional groups attached to an aromatic ring is 1. The highest BCUT2D eigenvalue weighted by Crippen LogP contribution is 2.41. The third kappa shape index (κ3) is 6.31. The van der Waals surface area contributed by atoms with Crippen molar-refractivity contribution in [2.24, 2.45) is 7.05 Å². The van der Waals surface area contributed by atoms with Crippen molar-refractivity contribution >= 4 is 32.4 Å². The third-order valence-electron chi connectivity index (χ3n) is 9.17. The molecular formula is C33H37F3N8O3S. The van der Waals surface area contributed by atoms with Crippen LogP contribution in [0.4, 0.5) is 24.7 Å². The van der Waals surface area contributed by atoms with Crippen LogP contribution in [0.25, 0.3) is 33.3 Å². The van der Waals surface area contributed by atoms with Crippen LogP contribution in [0, 0.1) is 5.82 Å². The number of nitrogens with zero attached hydrogens (tertiary/aromatic N) is 6. The number of alkyl halides is 2. The summed E-state index contributed by atoms with van der Waals surface area (Å²) in [5, 5.41) is 10.00. The number of hydrogen-bond donors (Lipinski definition) is 2. The zero-order valence-corrected chi connectivity index (χ0v) is 28.0. The average molecular weight is 683 g/mol. The van der Waals surface area contributed by atoms with E-state index in [1.807, 2.05) is 15.6 Å². The molecule has 0 amide bonds. The average Bonchev–Trinajstić information content (AvgIpc) is 3.66. The van der Waals surface area contributed by atoms with Gasteiger partial charge >= 0.3 is 5.76 Å². The van der Waals surface area contributed by atoms with Gasteiger partial charge in [-0.15, -0.1) is 0 Å². The Kier molecular flexibility index (Phi) is 8.62. The van der Waals surface area contributed by atoms with Crippen LogP contribution in [-0.4, -0.2) is 62.8 Å². The molecule has 4 heterocycles. The Morgan fingerprint density at radius 1 is 1.08 bits per heavy atom. The maximum absolute atomic E-state index is 13.5. The molecule has 254 valence electrons. The summed E-state index contributed by atoms with van der Waals surface area (Å²) in [4.78, 5) is 6.83. The lowest BCUT2D eigenvalue weighted by molar-refractivity contribution is 0.0713. The maximum atomic E-state index is 13.5. The van der Waals surface area contributed by atoms with Crippen molar-refractivity contribution in [2.75, 3.05) is 24.0 Å². The molecule has 1 unspecified atom stereocenters. The fourth-order valence-corrected chi connectivity index (χ4v) is 6.61. The number of likely N-dealkylation sites (N-methyl/N-ethyl adjacent to an activating group) is 1. The van der Waals surface area contributed by atoms with Gasteiger partial charge in [0.15, 0.2) is 0 Å². The van der Waals surface area contributed by atoms with E-state index in [1.54, 1.807) is 31.0 Å². The summed E-state index contributed by atoms with van der Waals surface area (Å²) < 4.78 is 76.1. The van der Waals surface area contributed by atoms with Crippen molar-refractivity contribution < 1.29 is 26.3 Å². The number of anilines is 2. The minimum Gasteiger partial charge on any atom is -0.484 e. The predicted molar refractivity (Wildman–Crippen MR) is 179 cm³/mol. The highest BCUT2D eigenvalue weighted by molar-refractivity contribution is 7.93. The first kappa shape index (κ1) is 33.3. The van der Waals surface area contributed by atoms with E-state index >= 15 is 0 Å². The van der Waals surface area contributed by atoms with Gasteiger partial charge in [0, 0.05) is 48.2 Å². The Hall–Kier alpha value is -4.63. The fraction of sp³-hybridized carbons (Fsp3) is 0.364. The van der Waals surface area contributed by atoms with Crippen molar-refractivity contribution in [3.8, 4) is 28.1 Å². The van der Waals surface area contributed by atoms with E-state index in [-0.39, 0.29) is 28.8 Å². The first-order valence-electron chi connectivity index (χ1n) is 15.4. The second-order valence-corrected chi connectivity index (χ2v) is 14.4. The summed E-state index contributed by atoms with van der Waals surface area (Å²) in [5.41, 5.74) is 10.1. The lowest BCUT2D eigenvalue weighted by atomic mass is 9.89. The number of sulfonamides is 1. The van der Waals surface area contributed by atoms with Gasteiger partial charge in [0.2, 0.25) is 0 Å². The van der Waals surface area contributed by atoms with Gasteiger partial charge in [-0.05, 0) is 70.5 Å². The van der Waals surface area contributed by atoms with Crippen LogP contribution in [0.2, 0.25) is 0 Å². The molecule has 3 aromatic heterocycles. The molecule has 11 nitrogen and oxygen atoms in total. The predicted octanol–water partition coefficient (Wildman–Crippen LogP) is 6.37. The number of halogens is 3. The molecule has 48 heavy (non-hydrogen) atoms. The van der Waals surface area contributed by atoms with E-state index in [1.165, 1.54) is 42.5 Å². The quantitative estimate of drug-likeness (QED) is 0.183. The van der Waals surface area contributed by atoms with Gasteiger partial charge in [0.05, 0.1) is 28.8 Å². The van der Waals surface area contributed by atoms with Crippen LogP contribution >= 0.6 is 0 Å². The summed E-state index contributed by atoms with van der Waals surface area (Å²) in [6, 6.07) is 10.1. The van der Waals surface area contributed by atoms with E-state index < -0.39 is 27.7 Å². The van der Waals surface area contributed by atoms with Crippen molar-refractivity contribution in [1.82, 2.24) is 29.4 Å². The standard InChI is InChI=1S/C33H37F3N8O3S/c1-19(20-6-9-23(34)10-7-20)47-27-14-21(8-11-26(27)41-48(45,46)32(35)36)29-28-30(43(5)40-29)25(16-38-31(28)37)22-15-39-44(17-22)24-12-13-33(2,3)42(4)18-24/h6-11,14-17,19,24,32,41H,12-13,18H2,1-5H3,(H2,37,38)/t19-,24?/m0/s1. The van der Waals surface area contributed by atoms with Gasteiger partial charge in [0.1, 0.15) is 29.2 Å². The van der Waals surface area contributed by atoms with Gasteiger partial charge in [-0.2, -0.15) is 19.0 Å². The molecule has 15 heteroatoms. The Labute approximate surface area is 276 Å². The third-order valence-corrected chi connectivity index (χ3v) is 10.1. The molecule has 1 aliphatic rings. The number of nitrogens with one attached hydrogen (secondary N) is 1. The minimum atomic E-state index is -5.02. The Morgan fingerprint density at radius 3 is 2.50 bits per heavy atom. The molecule has 0 spiro atoms. The highest BCUT2D eigenvalue weighted by Gasteiger charge is 2.33. The van der Waals surface area contributed by atoms with Gasteiger partial charge < -0.3 is 10.5 Å². The van der Waals surface area contributed by atoms with Gasteiger partial charge in [-0.3, -0.25) is 19.0 Å². The lowest BCUT2D eigenvalue weighted by Crippen LogP contribution is -2.48. The molecule has 6 rings (SSSR count). The molecule has 5 aromatic rings. The zero-order chi connectivity index (χ0) is 34.5. The highest BCUT2D eigenvalue weighted by atomic mass is 32.2. The second kappa shape index (κ2) is 12.4. The largest absolute Gasteiger partial charge is 0.484 e. The van der Waals surface area contributed by atoms with Crippen LogP contribution < -0.4 is 15.2 Å². The fourth-order valence-electron chi connectivity index (χ4n) is 6.05. The number of benzene rings is 2. The van der Waals surface area contributed by atoms with Crippen LogP contribution in [0.1, 0.15) is 51.3 Å². The first-order chi connectivity index (χ1) is 22.6. The number of rotatable bonds is 9. The Morgan fingerprint density at radius 2 is 1.81 bits per heavy atom. The molecule has 1 saturated heterocycles. The maximum Gasteiger partial charge on any atom is 0.355 e. The van der Waals surface area contributed by atoms with E-state index in [0.29, 0.717) is 27.7 Å². The van der Waals surface area contributed by atoms with Crippen LogP contribution in [-0.2, 0) is 17.1 Å². The topological polar surface area (TPSA) is 133 Å². The minimum absolute atomic E-state index is 0.0445. The first-order valence-corrected chi connectivity index (χ1v) is 16.9. The zero-order valence-electron chi connectivity index (χ0n) is 27.2. The van der Waals surface area contributed by atoms with E-state index in [9.17, 15) is 21.6 Å². The number of aryl methyl sites for hydroxylation is 1. The number of piperidine rings is 1. The van der Waals surface area contributed by atoms with E-state index in [4.69, 9.17) is 20.7 Å². The van der Waals surface area contributed by atoms with Crippen LogP contribution in [0.15, 0.2) is 61.1 Å². The molecule has 0 radical (unpaired) electrons. The molecule has 1 fully saturated rings. The number of hydrogen-bond acceptors (Lipinski definition) is 8. The molecule has 2 atom stereocenters. The summed E-state index contributed by atoms with van der Waals surface area (Å²) in [7, 11) is -1.12. The molecule has 0 aliphatic carbocycles. The lowest BCUT2D eigenvalue weighted by Gasteiger charge is -2.43. The Bertz CT molecular complexity index is 2080. The van der Waals surface area contributed by atoms with Gasteiger partial charge in [0.25, 0.3) is 10.0 Å². The summed E-state index contributed by atoms with van der Waals surface area (Å²) in [6.07, 6.45) is 6.81. The number of likely N-dealkylation sites (tertiary alicyclic amines) is 1. The van der Waals surface area contributed by atoms with Crippen molar-refractivity contribution in [3.05, 3.63) is 72.4 Å². The molecule has 3 N–H and O–H groups in total. The molecular weight excluding hydrogens is 645 g/mol. The second-order valence-electron chi connectivity index (χ2n) is 12.8. The number of pyridine rings is 1. The van der Waals surface area contributed by atoms with E-state index in [2.05, 4.69) is 30.8 Å². The smallest absolute Gasteiger partial charge is 0.355 e. The normalized spacial score (nSPS) is 17.6. The van der Waals surface area contributed by atoms with E-state index in [0.717, 1.165) is 30.5 Å². The monoisotopic (exact) mass is 682 g/mol.